The third-order valence-electron chi connectivity index (χ3n) is 2.40. The Kier molecular flexibility index (Phi) is 4.22. The van der Waals surface area contributed by atoms with Gasteiger partial charge in [0.1, 0.15) is 11.6 Å². The molecule has 0 saturated carbocycles. The number of halogens is 4. The number of hydrogen-bond acceptors (Lipinski definition) is 3. The average Bonchev–Trinajstić information content (AvgIpc) is 2.74. The molecule has 0 bridgehead atoms. The maximum atomic E-state index is 12.1. The van der Waals surface area contributed by atoms with Crippen LogP contribution in [-0.4, -0.2) is 16.3 Å². The molecule has 20 heavy (non-hydrogen) atoms. The number of imidazole rings is 1. The first kappa shape index (κ1) is 14.7. The molecule has 4 nitrogen and oxygen atoms in total. The summed E-state index contributed by atoms with van der Waals surface area (Å²) in [5.74, 6) is 0.525. The molecule has 2 N–H and O–H groups in total. The number of nitrogens with one attached hydrogen (secondary N) is 2. The van der Waals surface area contributed by atoms with Crippen molar-refractivity contribution in [1.82, 2.24) is 9.97 Å². The van der Waals surface area contributed by atoms with E-state index in [2.05, 4.69) is 36.0 Å². The second-order valence-corrected chi connectivity index (χ2v) is 4.89. The fraction of sp³-hybridized carbons (Fsp3) is 0.250. The van der Waals surface area contributed by atoms with E-state index in [-0.39, 0.29) is 10.2 Å². The number of aryl methyl sites for hydroxylation is 1. The number of hydrogen-bond donors (Lipinski definition) is 2. The summed E-state index contributed by atoms with van der Waals surface area (Å²) in [5, 5.41) is 3.07. The van der Waals surface area contributed by atoms with Crippen LogP contribution in [0.25, 0.3) is 0 Å². The van der Waals surface area contributed by atoms with Crippen molar-refractivity contribution in [3.63, 3.8) is 0 Å². The van der Waals surface area contributed by atoms with Crippen molar-refractivity contribution in [3.8, 4) is 5.75 Å². The minimum atomic E-state index is -4.70. The summed E-state index contributed by atoms with van der Waals surface area (Å²) >= 11 is 3.04. The molecule has 0 aliphatic rings. The molecular formula is C12H11BrF3N3O. The van der Waals surface area contributed by atoms with Crippen LogP contribution in [-0.2, 0) is 6.54 Å². The molecule has 0 aliphatic heterocycles. The monoisotopic (exact) mass is 349 g/mol. The normalized spacial score (nSPS) is 11.4. The molecule has 0 atom stereocenters. The van der Waals surface area contributed by atoms with E-state index in [0.29, 0.717) is 12.2 Å². The Morgan fingerprint density at radius 3 is 2.70 bits per heavy atom. The summed E-state index contributed by atoms with van der Waals surface area (Å²) < 4.78 is 40.5. The molecule has 2 aromatic rings. The van der Waals surface area contributed by atoms with Crippen molar-refractivity contribution in [2.75, 3.05) is 5.32 Å². The zero-order valence-corrected chi connectivity index (χ0v) is 12.0. The summed E-state index contributed by atoms with van der Waals surface area (Å²) in [6, 6.07) is 4.28. The van der Waals surface area contributed by atoms with Crippen LogP contribution in [0, 0.1) is 6.92 Å². The van der Waals surface area contributed by atoms with Crippen molar-refractivity contribution in [3.05, 3.63) is 40.4 Å². The Morgan fingerprint density at radius 1 is 1.40 bits per heavy atom. The lowest BCUT2D eigenvalue weighted by Gasteiger charge is -2.12. The van der Waals surface area contributed by atoms with Gasteiger partial charge in [0.15, 0.2) is 0 Å². The van der Waals surface area contributed by atoms with Crippen LogP contribution >= 0.6 is 15.9 Å². The highest BCUT2D eigenvalue weighted by atomic mass is 79.9. The van der Waals surface area contributed by atoms with Gasteiger partial charge in [-0.3, -0.25) is 0 Å². The molecule has 2 rings (SSSR count). The number of nitrogens with zero attached hydrogens (tertiary/aromatic N) is 1. The second kappa shape index (κ2) is 5.74. The lowest BCUT2D eigenvalue weighted by atomic mass is 10.3. The van der Waals surface area contributed by atoms with E-state index in [1.54, 1.807) is 6.20 Å². The molecule has 1 aromatic carbocycles. The summed E-state index contributed by atoms with van der Waals surface area (Å²) in [5.41, 5.74) is 1.55. The fourth-order valence-corrected chi connectivity index (χ4v) is 2.04. The molecule has 0 radical (unpaired) electrons. The highest BCUT2D eigenvalue weighted by molar-refractivity contribution is 9.10. The zero-order valence-electron chi connectivity index (χ0n) is 10.4. The van der Waals surface area contributed by atoms with Gasteiger partial charge in [-0.1, -0.05) is 0 Å². The number of alkyl halides is 3. The third-order valence-corrected chi connectivity index (χ3v) is 3.02. The Balaban J connectivity index is 2.01. The number of anilines is 1. The van der Waals surface area contributed by atoms with Crippen LogP contribution in [0.2, 0.25) is 0 Å². The van der Waals surface area contributed by atoms with Gasteiger partial charge in [-0.05, 0) is 41.1 Å². The number of aromatic amines is 1. The van der Waals surface area contributed by atoms with Crippen molar-refractivity contribution in [1.29, 1.82) is 0 Å². The van der Waals surface area contributed by atoms with Crippen LogP contribution in [0.1, 0.15) is 11.5 Å². The highest BCUT2D eigenvalue weighted by Gasteiger charge is 2.31. The predicted octanol–water partition coefficient (Wildman–Crippen LogP) is 3.99. The lowest BCUT2D eigenvalue weighted by Crippen LogP contribution is -2.17. The van der Waals surface area contributed by atoms with Gasteiger partial charge in [0.2, 0.25) is 0 Å². The van der Waals surface area contributed by atoms with Crippen LogP contribution in [0.4, 0.5) is 18.9 Å². The topological polar surface area (TPSA) is 49.9 Å². The number of aromatic nitrogens is 2. The maximum absolute atomic E-state index is 12.1. The molecular weight excluding hydrogens is 339 g/mol. The molecule has 0 unspecified atom stereocenters. The SMILES string of the molecule is Cc1ncc(CNc2ccc(OC(F)(F)F)c(Br)c2)[nH]1. The molecule has 0 aliphatic carbocycles. The Hall–Kier alpha value is -1.70. The van der Waals surface area contributed by atoms with E-state index in [0.717, 1.165) is 11.5 Å². The van der Waals surface area contributed by atoms with Crippen LogP contribution < -0.4 is 10.1 Å². The molecule has 0 amide bonds. The van der Waals surface area contributed by atoms with E-state index in [1.807, 2.05) is 6.92 Å². The molecule has 8 heteroatoms. The lowest BCUT2D eigenvalue weighted by molar-refractivity contribution is -0.274. The zero-order chi connectivity index (χ0) is 14.8. The Labute approximate surface area is 121 Å². The van der Waals surface area contributed by atoms with Gasteiger partial charge in [-0.2, -0.15) is 0 Å². The van der Waals surface area contributed by atoms with Crippen LogP contribution in [0.3, 0.4) is 0 Å². The minimum absolute atomic E-state index is 0.223. The van der Waals surface area contributed by atoms with Gasteiger partial charge in [0.25, 0.3) is 0 Å². The first-order chi connectivity index (χ1) is 9.33. The summed E-state index contributed by atoms with van der Waals surface area (Å²) in [6.45, 7) is 2.33. The van der Waals surface area contributed by atoms with Gasteiger partial charge < -0.3 is 15.0 Å². The van der Waals surface area contributed by atoms with Gasteiger partial charge in [0.05, 0.1) is 22.9 Å². The Bertz CT molecular complexity index is 598. The van der Waals surface area contributed by atoms with Crippen molar-refractivity contribution in [2.24, 2.45) is 0 Å². The van der Waals surface area contributed by atoms with Gasteiger partial charge >= 0.3 is 6.36 Å². The summed E-state index contributed by atoms with van der Waals surface area (Å²) in [4.78, 5) is 7.10. The Morgan fingerprint density at radius 2 is 2.15 bits per heavy atom. The van der Waals surface area contributed by atoms with Crippen molar-refractivity contribution < 1.29 is 17.9 Å². The van der Waals surface area contributed by atoms with Crippen molar-refractivity contribution >= 4 is 21.6 Å². The predicted molar refractivity (Wildman–Crippen MR) is 71.5 cm³/mol. The van der Waals surface area contributed by atoms with Gasteiger partial charge in [0, 0.05) is 5.69 Å². The van der Waals surface area contributed by atoms with Crippen LogP contribution in [0.5, 0.6) is 5.75 Å². The van der Waals surface area contributed by atoms with Gasteiger partial charge in [-0.15, -0.1) is 13.2 Å². The molecule has 0 fully saturated rings. The third kappa shape index (κ3) is 4.16. The number of ether oxygens (including phenoxy) is 1. The molecule has 1 heterocycles. The highest BCUT2D eigenvalue weighted by Crippen LogP contribution is 2.32. The maximum Gasteiger partial charge on any atom is 0.573 e. The first-order valence-electron chi connectivity index (χ1n) is 5.63. The van der Waals surface area contributed by atoms with Gasteiger partial charge in [-0.25, -0.2) is 4.98 Å². The van der Waals surface area contributed by atoms with E-state index < -0.39 is 6.36 Å². The largest absolute Gasteiger partial charge is 0.573 e. The number of benzene rings is 1. The smallest absolute Gasteiger partial charge is 0.405 e. The molecule has 0 spiro atoms. The van der Waals surface area contributed by atoms with E-state index in [1.165, 1.54) is 18.2 Å². The summed E-state index contributed by atoms with van der Waals surface area (Å²) in [7, 11) is 0. The summed E-state index contributed by atoms with van der Waals surface area (Å²) in [6.07, 6.45) is -3.01. The first-order valence-corrected chi connectivity index (χ1v) is 6.42. The van der Waals surface area contributed by atoms with E-state index in [9.17, 15) is 13.2 Å². The number of H-pyrrole nitrogens is 1. The molecule has 1 aromatic heterocycles. The second-order valence-electron chi connectivity index (χ2n) is 4.04. The quantitative estimate of drug-likeness (QED) is 0.877. The average molecular weight is 350 g/mol. The van der Waals surface area contributed by atoms with Crippen molar-refractivity contribution in [2.45, 2.75) is 19.8 Å². The molecule has 0 saturated heterocycles. The van der Waals surface area contributed by atoms with E-state index >= 15 is 0 Å². The minimum Gasteiger partial charge on any atom is -0.405 e. The fourth-order valence-electron chi connectivity index (χ4n) is 1.58. The molecule has 108 valence electrons. The van der Waals surface area contributed by atoms with E-state index in [4.69, 9.17) is 0 Å². The van der Waals surface area contributed by atoms with Crippen LogP contribution in [0.15, 0.2) is 28.9 Å². The standard InChI is InChI=1S/C12H11BrF3N3O/c1-7-17-5-9(19-7)6-18-8-2-3-11(10(13)4-8)20-12(14,15)16/h2-5,18H,6H2,1H3,(H,17,19). The number of rotatable bonds is 4.